The lowest BCUT2D eigenvalue weighted by Crippen LogP contribution is -2.07. The zero-order chi connectivity index (χ0) is 21.5. The van der Waals surface area contributed by atoms with Gasteiger partial charge in [0, 0.05) is 36.7 Å². The second-order valence-electron chi connectivity index (χ2n) is 7.63. The molecule has 0 spiro atoms. The van der Waals surface area contributed by atoms with E-state index in [1.165, 1.54) is 18.4 Å². The maximum atomic E-state index is 4.81. The van der Waals surface area contributed by atoms with Crippen LogP contribution in [0.15, 0.2) is 42.6 Å². The van der Waals surface area contributed by atoms with Crippen LogP contribution < -0.4 is 0 Å². The molecule has 0 unspecified atom stereocenters. The molecule has 0 saturated carbocycles. The number of H-pyrrole nitrogens is 1. The average molecular weight is 417 g/mol. The molecule has 0 saturated heterocycles. The molecule has 0 bridgehead atoms. The van der Waals surface area contributed by atoms with Gasteiger partial charge in [-0.15, -0.1) is 10.2 Å². The molecule has 0 aliphatic rings. The van der Waals surface area contributed by atoms with E-state index in [1.54, 1.807) is 6.20 Å². The van der Waals surface area contributed by atoms with Crippen molar-refractivity contribution >= 4 is 0 Å². The Morgan fingerprint density at radius 2 is 1.87 bits per heavy atom. The van der Waals surface area contributed by atoms with Crippen molar-refractivity contribution in [2.75, 3.05) is 0 Å². The fraction of sp³-hybridized carbons (Fsp3) is 0.391. The Balaban J connectivity index is 1.55. The Kier molecular flexibility index (Phi) is 6.76. The van der Waals surface area contributed by atoms with Crippen molar-refractivity contribution in [3.63, 3.8) is 0 Å². The number of aromatic nitrogens is 8. The molecule has 3 heterocycles. The molecule has 0 aliphatic heterocycles. The Labute approximate surface area is 182 Å². The zero-order valence-electron chi connectivity index (χ0n) is 18.1. The normalized spacial score (nSPS) is 11.2. The number of aryl methyl sites for hydroxylation is 2. The van der Waals surface area contributed by atoms with Gasteiger partial charge in [0.1, 0.15) is 5.82 Å². The van der Waals surface area contributed by atoms with Crippen molar-refractivity contribution in [3.05, 3.63) is 59.8 Å². The van der Waals surface area contributed by atoms with E-state index in [-0.39, 0.29) is 0 Å². The van der Waals surface area contributed by atoms with Gasteiger partial charge in [0.2, 0.25) is 5.82 Å². The third kappa shape index (κ3) is 5.02. The minimum atomic E-state index is 0.538. The molecule has 0 amide bonds. The number of hydrogen-bond acceptors (Lipinski definition) is 6. The third-order valence-electron chi connectivity index (χ3n) is 5.22. The smallest absolute Gasteiger partial charge is 0.206 e. The van der Waals surface area contributed by atoms with E-state index in [0.717, 1.165) is 60.7 Å². The number of unbranched alkanes of at least 4 members (excludes halogenated alkanes) is 2. The topological polar surface area (TPSA) is 98.1 Å². The molecule has 0 fully saturated rings. The molecular weight excluding hydrogens is 388 g/mol. The quantitative estimate of drug-likeness (QED) is 0.388. The molecule has 8 heteroatoms. The highest BCUT2D eigenvalue weighted by molar-refractivity contribution is 5.76. The molecule has 0 aliphatic carbocycles. The fourth-order valence-electron chi connectivity index (χ4n) is 3.63. The molecule has 1 aromatic carbocycles. The van der Waals surface area contributed by atoms with E-state index >= 15 is 0 Å². The summed E-state index contributed by atoms with van der Waals surface area (Å²) in [5, 5.41) is 19.1. The summed E-state index contributed by atoms with van der Waals surface area (Å²) in [4.78, 5) is 9.37. The van der Waals surface area contributed by atoms with Gasteiger partial charge in [-0.2, -0.15) is 10.3 Å². The summed E-state index contributed by atoms with van der Waals surface area (Å²) < 4.78 is 2.10. The molecule has 0 atom stereocenters. The number of tetrazole rings is 1. The summed E-state index contributed by atoms with van der Waals surface area (Å²) in [7, 11) is 0. The minimum Gasteiger partial charge on any atom is -0.255 e. The van der Waals surface area contributed by atoms with Gasteiger partial charge in [-0.1, -0.05) is 51.0 Å². The number of rotatable bonds is 10. The maximum absolute atomic E-state index is 4.81. The van der Waals surface area contributed by atoms with Crippen LogP contribution in [0.25, 0.3) is 22.6 Å². The minimum absolute atomic E-state index is 0.538. The molecular formula is C23H28N8. The van der Waals surface area contributed by atoms with E-state index in [4.69, 9.17) is 10.1 Å². The molecule has 3 aromatic heterocycles. The van der Waals surface area contributed by atoms with Crippen molar-refractivity contribution in [1.82, 2.24) is 40.4 Å². The molecule has 4 aromatic rings. The van der Waals surface area contributed by atoms with E-state index in [9.17, 15) is 0 Å². The van der Waals surface area contributed by atoms with E-state index < -0.39 is 0 Å². The van der Waals surface area contributed by atoms with Crippen molar-refractivity contribution in [1.29, 1.82) is 0 Å². The van der Waals surface area contributed by atoms with Gasteiger partial charge in [-0.25, -0.2) is 9.67 Å². The number of benzene rings is 1. The van der Waals surface area contributed by atoms with Crippen molar-refractivity contribution in [2.45, 2.75) is 58.9 Å². The second kappa shape index (κ2) is 10.1. The van der Waals surface area contributed by atoms with Crippen LogP contribution >= 0.6 is 0 Å². The van der Waals surface area contributed by atoms with Crippen LogP contribution in [0.5, 0.6) is 0 Å². The number of hydrogen-bond donors (Lipinski definition) is 1. The van der Waals surface area contributed by atoms with Crippen LogP contribution in [-0.4, -0.2) is 40.4 Å². The summed E-state index contributed by atoms with van der Waals surface area (Å²) in [5.41, 5.74) is 3.90. The maximum Gasteiger partial charge on any atom is 0.206 e. The van der Waals surface area contributed by atoms with Gasteiger partial charge >= 0.3 is 0 Å². The standard InChI is InChI=1S/C23H28N8/c1-3-5-6-15-31-21(25-20(28-31)8-4-2)16-17-10-12-18(13-11-17)22-19(9-7-14-24-22)23-26-29-30-27-23/h7,9-14H,3-6,8,15-16H2,1-2H3,(H,26,27,29,30). The average Bonchev–Trinajstić information content (AvgIpc) is 3.46. The number of nitrogens with one attached hydrogen (secondary N) is 1. The van der Waals surface area contributed by atoms with Gasteiger partial charge in [0.05, 0.1) is 5.69 Å². The Morgan fingerprint density at radius 1 is 1.00 bits per heavy atom. The third-order valence-corrected chi connectivity index (χ3v) is 5.22. The molecule has 4 rings (SSSR count). The monoisotopic (exact) mass is 416 g/mol. The van der Waals surface area contributed by atoms with Gasteiger partial charge in [0.25, 0.3) is 0 Å². The molecule has 31 heavy (non-hydrogen) atoms. The van der Waals surface area contributed by atoms with E-state index in [2.05, 4.69) is 68.4 Å². The van der Waals surface area contributed by atoms with Crippen LogP contribution in [0.3, 0.4) is 0 Å². The highest BCUT2D eigenvalue weighted by Gasteiger charge is 2.13. The lowest BCUT2D eigenvalue weighted by molar-refractivity contribution is 0.531. The first-order valence-electron chi connectivity index (χ1n) is 11.0. The summed E-state index contributed by atoms with van der Waals surface area (Å²) in [5.74, 6) is 2.53. The molecule has 160 valence electrons. The van der Waals surface area contributed by atoms with Gasteiger partial charge in [-0.05, 0) is 35.8 Å². The predicted octanol–water partition coefficient (Wildman–Crippen LogP) is 4.25. The Hall–Kier alpha value is -3.42. The highest BCUT2D eigenvalue weighted by Crippen LogP contribution is 2.27. The summed E-state index contributed by atoms with van der Waals surface area (Å²) >= 11 is 0. The van der Waals surface area contributed by atoms with E-state index in [1.807, 2.05) is 12.1 Å². The van der Waals surface area contributed by atoms with Crippen LogP contribution in [0.4, 0.5) is 0 Å². The highest BCUT2D eigenvalue weighted by atomic mass is 15.5. The lowest BCUT2D eigenvalue weighted by atomic mass is 10.0. The molecule has 0 radical (unpaired) electrons. The van der Waals surface area contributed by atoms with E-state index in [0.29, 0.717) is 5.82 Å². The summed E-state index contributed by atoms with van der Waals surface area (Å²) in [6.07, 6.45) is 8.07. The van der Waals surface area contributed by atoms with Crippen molar-refractivity contribution in [2.24, 2.45) is 0 Å². The lowest BCUT2D eigenvalue weighted by Gasteiger charge is -2.08. The van der Waals surface area contributed by atoms with Crippen LogP contribution in [0, 0.1) is 0 Å². The number of aromatic amines is 1. The Morgan fingerprint density at radius 3 is 2.61 bits per heavy atom. The molecule has 8 nitrogen and oxygen atoms in total. The van der Waals surface area contributed by atoms with Crippen molar-refractivity contribution in [3.8, 4) is 22.6 Å². The van der Waals surface area contributed by atoms with Crippen LogP contribution in [0.1, 0.15) is 56.7 Å². The van der Waals surface area contributed by atoms with Gasteiger partial charge in [0.15, 0.2) is 5.82 Å². The number of pyridine rings is 1. The first kappa shape index (κ1) is 20.8. The van der Waals surface area contributed by atoms with Crippen LogP contribution in [-0.2, 0) is 19.4 Å². The van der Waals surface area contributed by atoms with Crippen molar-refractivity contribution < 1.29 is 0 Å². The summed E-state index contributed by atoms with van der Waals surface area (Å²) in [6, 6.07) is 12.3. The largest absolute Gasteiger partial charge is 0.255 e. The first-order chi connectivity index (χ1) is 15.3. The summed E-state index contributed by atoms with van der Waals surface area (Å²) in [6.45, 7) is 5.31. The van der Waals surface area contributed by atoms with Crippen LogP contribution in [0.2, 0.25) is 0 Å². The first-order valence-corrected chi connectivity index (χ1v) is 11.0. The van der Waals surface area contributed by atoms with Gasteiger partial charge < -0.3 is 0 Å². The fourth-order valence-corrected chi connectivity index (χ4v) is 3.63. The predicted molar refractivity (Wildman–Crippen MR) is 119 cm³/mol. The zero-order valence-corrected chi connectivity index (χ0v) is 18.1. The molecule has 1 N–H and O–H groups in total. The SMILES string of the molecule is CCCCCn1nc(CCC)nc1Cc1ccc(-c2ncccc2-c2nn[nH]n2)cc1. The van der Waals surface area contributed by atoms with Gasteiger partial charge in [-0.3, -0.25) is 4.98 Å². The number of nitrogens with zero attached hydrogens (tertiary/aromatic N) is 7. The Bertz CT molecular complexity index is 1080. The second-order valence-corrected chi connectivity index (χ2v) is 7.63.